The Bertz CT molecular complexity index is 417. The monoisotopic (exact) mass is 263 g/mol. The zero-order valence-corrected chi connectivity index (χ0v) is 11.5. The molecule has 3 N–H and O–H groups in total. The first kappa shape index (κ1) is 14.0. The number of β-amino-alcohol motifs (C(OH)–C–C–N with tert-alkyl or cyclic N) is 1. The number of aliphatic hydroxyl groups is 1. The summed E-state index contributed by atoms with van der Waals surface area (Å²) in [7, 11) is 0. The predicted octanol–water partition coefficient (Wildman–Crippen LogP) is 0.0417. The van der Waals surface area contributed by atoms with Gasteiger partial charge in [0, 0.05) is 18.5 Å². The number of quaternary nitrogens is 1. The van der Waals surface area contributed by atoms with Gasteiger partial charge in [-0.05, 0) is 13.3 Å². The van der Waals surface area contributed by atoms with Crippen LogP contribution in [0.15, 0.2) is 24.3 Å². The lowest BCUT2D eigenvalue weighted by Crippen LogP contribution is -2.85. The maximum absolute atomic E-state index is 11.4. The molecule has 0 unspecified atom stereocenters. The third-order valence-corrected chi connectivity index (χ3v) is 3.54. The molecule has 4 nitrogen and oxygen atoms in total. The molecule has 0 aromatic heterocycles. The summed E-state index contributed by atoms with van der Waals surface area (Å²) in [6.45, 7) is 4.85. The van der Waals surface area contributed by atoms with Gasteiger partial charge < -0.3 is 15.3 Å². The molecule has 2 rings (SSSR count). The summed E-state index contributed by atoms with van der Waals surface area (Å²) in [5.74, 6) is 0.178. The van der Waals surface area contributed by atoms with E-state index in [1.54, 1.807) is 4.90 Å². The average molecular weight is 263 g/mol. The standard InChI is InChI=1S/C15H22N2O2/c1-12-4-6-13(7-5-12)9-16-10-14(18)11-17-8-2-3-15(17)19/h4-7,14,16,18H,2-3,8-11H2,1H3/p+1/t14-/m1/s1. The molecule has 1 aromatic carbocycles. The highest BCUT2D eigenvalue weighted by atomic mass is 16.3. The zero-order chi connectivity index (χ0) is 13.7. The van der Waals surface area contributed by atoms with E-state index < -0.39 is 6.10 Å². The lowest BCUT2D eigenvalue weighted by Gasteiger charge is -2.18. The maximum Gasteiger partial charge on any atom is 0.222 e. The van der Waals surface area contributed by atoms with Crippen LogP contribution in [0.2, 0.25) is 0 Å². The highest BCUT2D eigenvalue weighted by Gasteiger charge is 2.22. The Labute approximate surface area is 114 Å². The van der Waals surface area contributed by atoms with E-state index in [1.165, 1.54) is 11.1 Å². The third-order valence-electron chi connectivity index (χ3n) is 3.54. The number of benzene rings is 1. The fraction of sp³-hybridized carbons (Fsp3) is 0.533. The first-order chi connectivity index (χ1) is 9.15. The van der Waals surface area contributed by atoms with Gasteiger partial charge in [-0.3, -0.25) is 4.79 Å². The fourth-order valence-electron chi connectivity index (χ4n) is 2.39. The molecule has 1 amide bonds. The normalized spacial score (nSPS) is 16.9. The van der Waals surface area contributed by atoms with Gasteiger partial charge in [-0.2, -0.15) is 0 Å². The van der Waals surface area contributed by atoms with Crippen LogP contribution >= 0.6 is 0 Å². The molecule has 104 valence electrons. The van der Waals surface area contributed by atoms with Crippen LogP contribution in [0.25, 0.3) is 0 Å². The minimum Gasteiger partial charge on any atom is -0.385 e. The van der Waals surface area contributed by atoms with Crippen LogP contribution < -0.4 is 5.32 Å². The fourth-order valence-corrected chi connectivity index (χ4v) is 2.39. The molecule has 1 heterocycles. The SMILES string of the molecule is Cc1ccc(C[NH2+]C[C@@H](O)CN2CCCC2=O)cc1. The van der Waals surface area contributed by atoms with Crippen molar-refractivity contribution >= 4 is 5.91 Å². The van der Waals surface area contributed by atoms with E-state index in [2.05, 4.69) is 36.5 Å². The van der Waals surface area contributed by atoms with Gasteiger partial charge in [0.15, 0.2) is 0 Å². The number of likely N-dealkylation sites (tertiary alicyclic amines) is 1. The number of aliphatic hydroxyl groups excluding tert-OH is 1. The van der Waals surface area contributed by atoms with Crippen molar-refractivity contribution in [3.63, 3.8) is 0 Å². The summed E-state index contributed by atoms with van der Waals surface area (Å²) in [6, 6.07) is 8.43. The molecule has 0 spiro atoms. The summed E-state index contributed by atoms with van der Waals surface area (Å²) >= 11 is 0. The Hall–Kier alpha value is -1.39. The second-order valence-electron chi connectivity index (χ2n) is 5.31. The van der Waals surface area contributed by atoms with Crippen molar-refractivity contribution < 1.29 is 15.2 Å². The van der Waals surface area contributed by atoms with Gasteiger partial charge >= 0.3 is 0 Å². The Morgan fingerprint density at radius 1 is 1.37 bits per heavy atom. The zero-order valence-electron chi connectivity index (χ0n) is 11.5. The Morgan fingerprint density at radius 2 is 2.11 bits per heavy atom. The number of hydrogen-bond donors (Lipinski definition) is 2. The number of nitrogens with two attached hydrogens (primary N) is 1. The van der Waals surface area contributed by atoms with Crippen molar-refractivity contribution in [3.8, 4) is 0 Å². The molecule has 1 saturated heterocycles. The van der Waals surface area contributed by atoms with Crippen molar-refractivity contribution in [1.82, 2.24) is 4.90 Å². The van der Waals surface area contributed by atoms with Crippen LogP contribution in [-0.4, -0.2) is 41.7 Å². The van der Waals surface area contributed by atoms with E-state index in [1.807, 2.05) is 0 Å². The van der Waals surface area contributed by atoms with Gasteiger partial charge in [0.05, 0.1) is 6.54 Å². The number of rotatable bonds is 6. The number of aryl methyl sites for hydroxylation is 1. The molecular formula is C15H23N2O2+. The van der Waals surface area contributed by atoms with E-state index in [9.17, 15) is 9.90 Å². The Balaban J connectivity index is 1.67. The molecule has 4 heteroatoms. The highest BCUT2D eigenvalue weighted by Crippen LogP contribution is 2.09. The third kappa shape index (κ3) is 4.33. The lowest BCUT2D eigenvalue weighted by molar-refractivity contribution is -0.676. The molecule has 1 atom stereocenters. The molecule has 19 heavy (non-hydrogen) atoms. The second kappa shape index (κ2) is 6.68. The lowest BCUT2D eigenvalue weighted by atomic mass is 10.1. The van der Waals surface area contributed by atoms with Crippen LogP contribution in [-0.2, 0) is 11.3 Å². The summed E-state index contributed by atoms with van der Waals surface area (Å²) in [5, 5.41) is 12.0. The van der Waals surface area contributed by atoms with E-state index in [0.29, 0.717) is 19.5 Å². The van der Waals surface area contributed by atoms with E-state index in [0.717, 1.165) is 19.5 Å². The number of amides is 1. The molecule has 0 saturated carbocycles. The maximum atomic E-state index is 11.4. The van der Waals surface area contributed by atoms with Crippen molar-refractivity contribution in [3.05, 3.63) is 35.4 Å². The smallest absolute Gasteiger partial charge is 0.222 e. The van der Waals surface area contributed by atoms with E-state index in [-0.39, 0.29) is 5.91 Å². The van der Waals surface area contributed by atoms with Crippen LogP contribution in [0.3, 0.4) is 0 Å². The Morgan fingerprint density at radius 3 is 2.74 bits per heavy atom. The summed E-state index contributed by atoms with van der Waals surface area (Å²) in [6.07, 6.45) is 1.13. The van der Waals surface area contributed by atoms with Gasteiger partial charge in [0.2, 0.25) is 5.91 Å². The number of hydrogen-bond acceptors (Lipinski definition) is 2. The number of nitrogens with zero attached hydrogens (tertiary/aromatic N) is 1. The highest BCUT2D eigenvalue weighted by molar-refractivity contribution is 5.78. The van der Waals surface area contributed by atoms with Gasteiger partial charge in [0.25, 0.3) is 0 Å². The number of carbonyl (C=O) groups is 1. The first-order valence-corrected chi connectivity index (χ1v) is 6.98. The van der Waals surface area contributed by atoms with Crippen molar-refractivity contribution in [1.29, 1.82) is 0 Å². The van der Waals surface area contributed by atoms with Crippen molar-refractivity contribution in [2.24, 2.45) is 0 Å². The summed E-state index contributed by atoms with van der Waals surface area (Å²) in [5.41, 5.74) is 2.52. The quantitative estimate of drug-likeness (QED) is 0.761. The van der Waals surface area contributed by atoms with Crippen LogP contribution in [0.5, 0.6) is 0 Å². The molecular weight excluding hydrogens is 240 g/mol. The molecule has 1 aliphatic rings. The second-order valence-corrected chi connectivity index (χ2v) is 5.31. The summed E-state index contributed by atoms with van der Waals surface area (Å²) < 4.78 is 0. The predicted molar refractivity (Wildman–Crippen MR) is 73.5 cm³/mol. The van der Waals surface area contributed by atoms with Gasteiger partial charge in [-0.1, -0.05) is 29.8 Å². The van der Waals surface area contributed by atoms with Gasteiger partial charge in [0.1, 0.15) is 19.2 Å². The average Bonchev–Trinajstić information content (AvgIpc) is 2.78. The first-order valence-electron chi connectivity index (χ1n) is 6.98. The van der Waals surface area contributed by atoms with Crippen LogP contribution in [0.1, 0.15) is 24.0 Å². The molecule has 1 aromatic rings. The summed E-state index contributed by atoms with van der Waals surface area (Å²) in [4.78, 5) is 13.2. The van der Waals surface area contributed by atoms with Crippen LogP contribution in [0.4, 0.5) is 0 Å². The van der Waals surface area contributed by atoms with Crippen molar-refractivity contribution in [2.75, 3.05) is 19.6 Å². The molecule has 1 fully saturated rings. The largest absolute Gasteiger partial charge is 0.385 e. The van der Waals surface area contributed by atoms with Crippen molar-refractivity contribution in [2.45, 2.75) is 32.4 Å². The van der Waals surface area contributed by atoms with Gasteiger partial charge in [-0.25, -0.2) is 0 Å². The molecule has 0 radical (unpaired) electrons. The number of carbonyl (C=O) groups excluding carboxylic acids is 1. The van der Waals surface area contributed by atoms with E-state index in [4.69, 9.17) is 0 Å². The molecule has 0 bridgehead atoms. The Kier molecular flexibility index (Phi) is 4.93. The minimum absolute atomic E-state index is 0.178. The van der Waals surface area contributed by atoms with Gasteiger partial charge in [-0.15, -0.1) is 0 Å². The molecule has 1 aliphatic heterocycles. The van der Waals surface area contributed by atoms with Crippen LogP contribution in [0, 0.1) is 6.92 Å². The minimum atomic E-state index is -0.438. The molecule has 0 aliphatic carbocycles. The topological polar surface area (TPSA) is 57.2 Å². The van der Waals surface area contributed by atoms with E-state index >= 15 is 0 Å².